The standard InChI is InChI=1S/C11H20N4O/c12-10-8-13-15(9-10)5-4-14(6-7-16)11-2-1-3-11/h8-9,11,16H,1-7,12H2. The second-order valence-electron chi connectivity index (χ2n) is 4.38. The van der Waals surface area contributed by atoms with Gasteiger partial charge in [-0.2, -0.15) is 5.10 Å². The van der Waals surface area contributed by atoms with E-state index in [9.17, 15) is 0 Å². The van der Waals surface area contributed by atoms with Gasteiger partial charge in [0.2, 0.25) is 0 Å². The molecule has 0 aliphatic heterocycles. The molecule has 0 aromatic carbocycles. The monoisotopic (exact) mass is 224 g/mol. The molecular weight excluding hydrogens is 204 g/mol. The predicted molar refractivity (Wildman–Crippen MR) is 62.9 cm³/mol. The lowest BCUT2D eigenvalue weighted by Crippen LogP contribution is -2.43. The van der Waals surface area contributed by atoms with Gasteiger partial charge in [-0.1, -0.05) is 6.42 Å². The highest BCUT2D eigenvalue weighted by Gasteiger charge is 2.23. The number of anilines is 1. The fourth-order valence-electron chi connectivity index (χ4n) is 2.09. The van der Waals surface area contributed by atoms with Crippen LogP contribution in [0.15, 0.2) is 12.4 Å². The summed E-state index contributed by atoms with van der Waals surface area (Å²) in [5, 5.41) is 13.2. The largest absolute Gasteiger partial charge is 0.396 e. The average Bonchev–Trinajstić information content (AvgIpc) is 2.58. The van der Waals surface area contributed by atoms with Crippen LogP contribution in [-0.2, 0) is 6.54 Å². The zero-order chi connectivity index (χ0) is 11.4. The minimum atomic E-state index is 0.234. The Kier molecular flexibility index (Phi) is 3.79. The van der Waals surface area contributed by atoms with Gasteiger partial charge in [0.15, 0.2) is 0 Å². The van der Waals surface area contributed by atoms with Crippen molar-refractivity contribution in [2.75, 3.05) is 25.4 Å². The summed E-state index contributed by atoms with van der Waals surface area (Å²) in [7, 11) is 0. The van der Waals surface area contributed by atoms with E-state index < -0.39 is 0 Å². The number of hydrogen-bond acceptors (Lipinski definition) is 4. The van der Waals surface area contributed by atoms with Crippen LogP contribution in [0.5, 0.6) is 0 Å². The van der Waals surface area contributed by atoms with Crippen molar-refractivity contribution in [1.29, 1.82) is 0 Å². The van der Waals surface area contributed by atoms with E-state index >= 15 is 0 Å². The highest BCUT2D eigenvalue weighted by atomic mass is 16.3. The van der Waals surface area contributed by atoms with Crippen LogP contribution in [0.25, 0.3) is 0 Å². The van der Waals surface area contributed by atoms with Crippen LogP contribution < -0.4 is 5.73 Å². The highest BCUT2D eigenvalue weighted by Crippen LogP contribution is 2.24. The summed E-state index contributed by atoms with van der Waals surface area (Å²) in [6.45, 7) is 2.78. The van der Waals surface area contributed by atoms with Crippen LogP contribution in [0, 0.1) is 0 Å². The smallest absolute Gasteiger partial charge is 0.0719 e. The number of aliphatic hydroxyl groups excluding tert-OH is 1. The normalized spacial score (nSPS) is 16.6. The summed E-state index contributed by atoms with van der Waals surface area (Å²) in [6.07, 6.45) is 7.36. The summed E-state index contributed by atoms with van der Waals surface area (Å²) < 4.78 is 1.86. The minimum absolute atomic E-state index is 0.234. The van der Waals surface area contributed by atoms with E-state index in [1.165, 1.54) is 19.3 Å². The van der Waals surface area contributed by atoms with Crippen LogP contribution in [0.2, 0.25) is 0 Å². The third-order valence-electron chi connectivity index (χ3n) is 3.25. The molecule has 16 heavy (non-hydrogen) atoms. The zero-order valence-corrected chi connectivity index (χ0v) is 9.55. The third-order valence-corrected chi connectivity index (χ3v) is 3.25. The lowest BCUT2D eigenvalue weighted by atomic mass is 9.91. The number of rotatable bonds is 6. The quantitative estimate of drug-likeness (QED) is 0.730. The molecule has 3 N–H and O–H groups in total. The summed E-state index contributed by atoms with van der Waals surface area (Å²) >= 11 is 0. The van der Waals surface area contributed by atoms with E-state index in [1.54, 1.807) is 6.20 Å². The molecular formula is C11H20N4O. The van der Waals surface area contributed by atoms with Crippen molar-refractivity contribution in [3.63, 3.8) is 0 Å². The Balaban J connectivity index is 1.81. The molecule has 0 unspecified atom stereocenters. The van der Waals surface area contributed by atoms with Gasteiger partial charge in [-0.25, -0.2) is 0 Å². The Morgan fingerprint density at radius 2 is 2.31 bits per heavy atom. The van der Waals surface area contributed by atoms with Gasteiger partial charge in [0.05, 0.1) is 25.0 Å². The van der Waals surface area contributed by atoms with Gasteiger partial charge in [-0.3, -0.25) is 9.58 Å². The maximum Gasteiger partial charge on any atom is 0.0719 e. The zero-order valence-electron chi connectivity index (χ0n) is 9.55. The number of nitrogens with zero attached hydrogens (tertiary/aromatic N) is 3. The Hall–Kier alpha value is -1.07. The van der Waals surface area contributed by atoms with Gasteiger partial charge in [-0.05, 0) is 12.8 Å². The van der Waals surface area contributed by atoms with Crippen molar-refractivity contribution in [2.24, 2.45) is 0 Å². The summed E-state index contributed by atoms with van der Waals surface area (Å²) in [5.41, 5.74) is 6.31. The molecule has 2 rings (SSSR count). The van der Waals surface area contributed by atoms with Crippen LogP contribution >= 0.6 is 0 Å². The molecule has 0 saturated heterocycles. The topological polar surface area (TPSA) is 67.3 Å². The molecule has 0 spiro atoms. The molecule has 0 atom stereocenters. The van der Waals surface area contributed by atoms with E-state index in [0.717, 1.165) is 19.6 Å². The number of aromatic nitrogens is 2. The fraction of sp³-hybridized carbons (Fsp3) is 0.727. The minimum Gasteiger partial charge on any atom is -0.396 e. The Labute approximate surface area is 95.8 Å². The molecule has 5 heteroatoms. The second kappa shape index (κ2) is 5.32. The molecule has 90 valence electrons. The fourth-order valence-corrected chi connectivity index (χ4v) is 2.09. The van der Waals surface area contributed by atoms with Crippen molar-refractivity contribution in [3.8, 4) is 0 Å². The van der Waals surface area contributed by atoms with E-state index in [0.29, 0.717) is 11.7 Å². The molecule has 1 aliphatic rings. The maximum absolute atomic E-state index is 9.02. The van der Waals surface area contributed by atoms with Crippen LogP contribution in [0.3, 0.4) is 0 Å². The molecule has 1 aromatic heterocycles. The summed E-state index contributed by atoms with van der Waals surface area (Å²) in [5.74, 6) is 0. The Morgan fingerprint density at radius 3 is 2.81 bits per heavy atom. The first-order chi connectivity index (χ1) is 7.79. The molecule has 1 saturated carbocycles. The van der Waals surface area contributed by atoms with Crippen molar-refractivity contribution in [2.45, 2.75) is 31.8 Å². The van der Waals surface area contributed by atoms with Crippen molar-refractivity contribution < 1.29 is 5.11 Å². The van der Waals surface area contributed by atoms with E-state index in [-0.39, 0.29) is 6.61 Å². The first kappa shape index (κ1) is 11.4. The number of nitrogen functional groups attached to an aromatic ring is 1. The van der Waals surface area contributed by atoms with Crippen molar-refractivity contribution in [3.05, 3.63) is 12.4 Å². The number of hydrogen-bond donors (Lipinski definition) is 2. The second-order valence-corrected chi connectivity index (χ2v) is 4.38. The molecule has 0 radical (unpaired) electrons. The Morgan fingerprint density at radius 1 is 1.50 bits per heavy atom. The van der Waals surface area contributed by atoms with E-state index in [2.05, 4.69) is 10.00 Å². The highest BCUT2D eigenvalue weighted by molar-refractivity contribution is 5.30. The maximum atomic E-state index is 9.02. The third kappa shape index (κ3) is 2.74. The lowest BCUT2D eigenvalue weighted by Gasteiger charge is -2.37. The lowest BCUT2D eigenvalue weighted by molar-refractivity contribution is 0.0967. The van der Waals surface area contributed by atoms with E-state index in [1.807, 2.05) is 10.9 Å². The molecule has 0 amide bonds. The molecule has 1 aliphatic carbocycles. The van der Waals surface area contributed by atoms with Crippen LogP contribution in [0.1, 0.15) is 19.3 Å². The number of aliphatic hydroxyl groups is 1. The Bertz CT molecular complexity index is 322. The molecule has 1 heterocycles. The van der Waals surface area contributed by atoms with Gasteiger partial charge in [0, 0.05) is 25.3 Å². The first-order valence-corrected chi connectivity index (χ1v) is 5.92. The molecule has 0 bridgehead atoms. The number of nitrogens with two attached hydrogens (primary N) is 1. The SMILES string of the molecule is Nc1cnn(CCN(CCO)C2CCC2)c1. The molecule has 1 aromatic rings. The van der Waals surface area contributed by atoms with Crippen LogP contribution in [0.4, 0.5) is 5.69 Å². The molecule has 5 nitrogen and oxygen atoms in total. The van der Waals surface area contributed by atoms with Crippen LogP contribution in [-0.4, -0.2) is 45.5 Å². The predicted octanol–water partition coefficient (Wildman–Crippen LogP) is 0.312. The first-order valence-electron chi connectivity index (χ1n) is 5.92. The summed E-state index contributed by atoms with van der Waals surface area (Å²) in [6, 6.07) is 0.667. The van der Waals surface area contributed by atoms with Gasteiger partial charge in [-0.15, -0.1) is 0 Å². The van der Waals surface area contributed by atoms with Gasteiger partial charge < -0.3 is 10.8 Å². The van der Waals surface area contributed by atoms with Gasteiger partial charge in [0.1, 0.15) is 0 Å². The van der Waals surface area contributed by atoms with Gasteiger partial charge in [0.25, 0.3) is 0 Å². The molecule has 1 fully saturated rings. The van der Waals surface area contributed by atoms with E-state index in [4.69, 9.17) is 10.8 Å². The average molecular weight is 224 g/mol. The summed E-state index contributed by atoms with van der Waals surface area (Å²) in [4.78, 5) is 2.35. The van der Waals surface area contributed by atoms with Gasteiger partial charge >= 0.3 is 0 Å². The van der Waals surface area contributed by atoms with Crippen molar-refractivity contribution >= 4 is 5.69 Å². The van der Waals surface area contributed by atoms with Crippen molar-refractivity contribution in [1.82, 2.24) is 14.7 Å².